The maximum atomic E-state index is 9.14. The third-order valence-corrected chi connectivity index (χ3v) is 4.44. The van der Waals surface area contributed by atoms with E-state index in [2.05, 4.69) is 23.3 Å². The second-order valence-electron chi connectivity index (χ2n) is 5.78. The molecule has 3 heteroatoms. The summed E-state index contributed by atoms with van der Waals surface area (Å²) in [4.78, 5) is 2.41. The molecule has 0 aromatic carbocycles. The smallest absolute Gasteiger partial charge is 0.0672 e. The molecule has 0 amide bonds. The van der Waals surface area contributed by atoms with Crippen molar-refractivity contribution in [3.05, 3.63) is 0 Å². The number of nitrogens with one attached hydrogen (secondary N) is 1. The average molecular weight is 235 g/mol. The van der Waals surface area contributed by atoms with Crippen LogP contribution in [0.2, 0.25) is 0 Å². The Balaban J connectivity index is 1.72. The van der Waals surface area contributed by atoms with Crippen LogP contribution in [-0.2, 0) is 0 Å². The molecule has 0 spiro atoms. The summed E-state index contributed by atoms with van der Waals surface area (Å²) in [6.07, 6.45) is 7.46. The van der Waals surface area contributed by atoms with Crippen molar-refractivity contribution in [3.8, 4) is 6.07 Å². The van der Waals surface area contributed by atoms with Gasteiger partial charge in [-0.3, -0.25) is 0 Å². The molecule has 3 nitrogen and oxygen atoms in total. The Kier molecular flexibility index (Phi) is 4.82. The molecule has 2 aliphatic rings. The summed E-state index contributed by atoms with van der Waals surface area (Å²) in [5, 5.41) is 12.8. The minimum absolute atomic E-state index is 0.259. The largest absolute Gasteiger partial charge is 0.312 e. The van der Waals surface area contributed by atoms with Gasteiger partial charge in [0.05, 0.1) is 12.0 Å². The van der Waals surface area contributed by atoms with E-state index in [4.69, 9.17) is 5.26 Å². The van der Waals surface area contributed by atoms with E-state index in [9.17, 15) is 0 Å². The van der Waals surface area contributed by atoms with E-state index in [0.717, 1.165) is 18.9 Å². The fourth-order valence-corrected chi connectivity index (χ4v) is 3.11. The summed E-state index contributed by atoms with van der Waals surface area (Å²) in [6.45, 7) is 3.59. The Hall–Kier alpha value is -0.590. The van der Waals surface area contributed by atoms with Gasteiger partial charge >= 0.3 is 0 Å². The Morgan fingerprint density at radius 3 is 2.59 bits per heavy atom. The van der Waals surface area contributed by atoms with Crippen LogP contribution in [0.1, 0.15) is 38.5 Å². The summed E-state index contributed by atoms with van der Waals surface area (Å²) in [6, 6.07) is 2.94. The van der Waals surface area contributed by atoms with E-state index in [1.54, 1.807) is 0 Å². The minimum Gasteiger partial charge on any atom is -0.312 e. The van der Waals surface area contributed by atoms with Gasteiger partial charge in [0.1, 0.15) is 0 Å². The zero-order valence-electron chi connectivity index (χ0n) is 11.0. The molecule has 2 unspecified atom stereocenters. The lowest BCUT2D eigenvalue weighted by atomic mass is 9.85. The number of nitrogens with zero attached hydrogens (tertiary/aromatic N) is 2. The van der Waals surface area contributed by atoms with Crippen molar-refractivity contribution in [3.63, 3.8) is 0 Å². The molecule has 1 saturated carbocycles. The average Bonchev–Trinajstić information content (AvgIpc) is 2.38. The maximum absolute atomic E-state index is 9.14. The van der Waals surface area contributed by atoms with Crippen molar-refractivity contribution in [2.75, 3.05) is 26.7 Å². The van der Waals surface area contributed by atoms with Crippen LogP contribution < -0.4 is 5.32 Å². The normalized spacial score (nSPS) is 32.2. The number of nitriles is 1. The number of piperidine rings is 1. The third-order valence-electron chi connectivity index (χ3n) is 4.44. The molecular formula is C14H25N3. The zero-order chi connectivity index (χ0) is 12.1. The second-order valence-corrected chi connectivity index (χ2v) is 5.78. The standard InChI is InChI=1S/C14H25N3/c1-17-8-6-12(7-9-17)11-16-14-5-3-2-4-13(14)10-15/h12-14,16H,2-9,11H2,1H3. The van der Waals surface area contributed by atoms with Crippen LogP contribution in [0.15, 0.2) is 0 Å². The quantitative estimate of drug-likeness (QED) is 0.813. The van der Waals surface area contributed by atoms with Crippen molar-refractivity contribution in [1.82, 2.24) is 10.2 Å². The van der Waals surface area contributed by atoms with E-state index >= 15 is 0 Å². The van der Waals surface area contributed by atoms with E-state index in [-0.39, 0.29) is 5.92 Å². The Bertz CT molecular complexity index is 263. The minimum atomic E-state index is 0.259. The van der Waals surface area contributed by atoms with Gasteiger partial charge < -0.3 is 10.2 Å². The highest BCUT2D eigenvalue weighted by molar-refractivity contribution is 4.94. The van der Waals surface area contributed by atoms with E-state index in [1.165, 1.54) is 45.2 Å². The molecule has 2 fully saturated rings. The third kappa shape index (κ3) is 3.69. The molecule has 17 heavy (non-hydrogen) atoms. The first-order valence-electron chi connectivity index (χ1n) is 7.11. The van der Waals surface area contributed by atoms with Crippen LogP contribution >= 0.6 is 0 Å². The van der Waals surface area contributed by atoms with E-state index in [1.807, 2.05) is 0 Å². The highest BCUT2D eigenvalue weighted by Crippen LogP contribution is 2.24. The van der Waals surface area contributed by atoms with Crippen molar-refractivity contribution in [2.45, 2.75) is 44.6 Å². The van der Waals surface area contributed by atoms with Crippen LogP contribution in [0, 0.1) is 23.2 Å². The SMILES string of the molecule is CN1CCC(CNC2CCCCC2C#N)CC1. The van der Waals surface area contributed by atoms with Gasteiger partial charge in [-0.2, -0.15) is 5.26 Å². The van der Waals surface area contributed by atoms with Gasteiger partial charge in [-0.25, -0.2) is 0 Å². The molecule has 1 saturated heterocycles. The zero-order valence-corrected chi connectivity index (χ0v) is 11.0. The lowest BCUT2D eigenvalue weighted by Gasteiger charge is -2.32. The number of hydrogen-bond acceptors (Lipinski definition) is 3. The van der Waals surface area contributed by atoms with Gasteiger partial charge in [-0.1, -0.05) is 12.8 Å². The highest BCUT2D eigenvalue weighted by Gasteiger charge is 2.25. The Morgan fingerprint density at radius 2 is 1.88 bits per heavy atom. The summed E-state index contributed by atoms with van der Waals surface area (Å²) < 4.78 is 0. The molecule has 2 rings (SSSR count). The van der Waals surface area contributed by atoms with Crippen LogP contribution in [0.5, 0.6) is 0 Å². The lowest BCUT2D eigenvalue weighted by molar-refractivity contribution is 0.203. The summed E-state index contributed by atoms with van der Waals surface area (Å²) >= 11 is 0. The van der Waals surface area contributed by atoms with Gasteiger partial charge in [0, 0.05) is 6.04 Å². The highest BCUT2D eigenvalue weighted by atomic mass is 15.1. The summed E-state index contributed by atoms with van der Waals surface area (Å²) in [5.74, 6) is 1.09. The van der Waals surface area contributed by atoms with Gasteiger partial charge in [0.2, 0.25) is 0 Å². The molecule has 1 aliphatic heterocycles. The Morgan fingerprint density at radius 1 is 1.18 bits per heavy atom. The molecular weight excluding hydrogens is 210 g/mol. The van der Waals surface area contributed by atoms with E-state index in [0.29, 0.717) is 6.04 Å². The Labute approximate surface area is 105 Å². The summed E-state index contributed by atoms with van der Waals surface area (Å²) in [5.41, 5.74) is 0. The van der Waals surface area contributed by atoms with Crippen molar-refractivity contribution in [2.24, 2.45) is 11.8 Å². The molecule has 1 N–H and O–H groups in total. The first-order chi connectivity index (χ1) is 8.29. The number of likely N-dealkylation sites (tertiary alicyclic amines) is 1. The van der Waals surface area contributed by atoms with Crippen molar-refractivity contribution < 1.29 is 0 Å². The van der Waals surface area contributed by atoms with Crippen molar-refractivity contribution in [1.29, 1.82) is 5.26 Å². The van der Waals surface area contributed by atoms with Crippen LogP contribution in [0.25, 0.3) is 0 Å². The first-order valence-corrected chi connectivity index (χ1v) is 7.11. The van der Waals surface area contributed by atoms with Gasteiger partial charge in [-0.05, 0) is 58.3 Å². The molecule has 0 bridgehead atoms. The van der Waals surface area contributed by atoms with Gasteiger partial charge in [-0.15, -0.1) is 0 Å². The lowest BCUT2D eigenvalue weighted by Crippen LogP contribution is -2.42. The van der Waals surface area contributed by atoms with Gasteiger partial charge in [0.25, 0.3) is 0 Å². The van der Waals surface area contributed by atoms with Crippen LogP contribution in [0.4, 0.5) is 0 Å². The monoisotopic (exact) mass is 235 g/mol. The first kappa shape index (κ1) is 12.9. The second kappa shape index (κ2) is 6.37. The van der Waals surface area contributed by atoms with Crippen molar-refractivity contribution >= 4 is 0 Å². The molecule has 0 radical (unpaired) electrons. The topological polar surface area (TPSA) is 39.1 Å². The fraction of sp³-hybridized carbons (Fsp3) is 0.929. The maximum Gasteiger partial charge on any atom is 0.0672 e. The predicted molar refractivity (Wildman–Crippen MR) is 69.6 cm³/mol. The molecule has 2 atom stereocenters. The molecule has 96 valence electrons. The predicted octanol–water partition coefficient (Wildman–Crippen LogP) is 2.00. The number of rotatable bonds is 3. The van der Waals surface area contributed by atoms with Crippen LogP contribution in [-0.4, -0.2) is 37.6 Å². The molecule has 0 aromatic rings. The van der Waals surface area contributed by atoms with Gasteiger partial charge in [0.15, 0.2) is 0 Å². The molecule has 1 heterocycles. The fourth-order valence-electron chi connectivity index (χ4n) is 3.11. The number of hydrogen-bond donors (Lipinski definition) is 1. The molecule has 1 aliphatic carbocycles. The van der Waals surface area contributed by atoms with Crippen LogP contribution in [0.3, 0.4) is 0 Å². The molecule has 0 aromatic heterocycles. The summed E-state index contributed by atoms with van der Waals surface area (Å²) in [7, 11) is 2.20. The van der Waals surface area contributed by atoms with E-state index < -0.39 is 0 Å².